The molecule has 0 bridgehead atoms. The van der Waals surface area contributed by atoms with Gasteiger partial charge in [-0.2, -0.15) is 11.8 Å². The van der Waals surface area contributed by atoms with Crippen LogP contribution in [-0.4, -0.2) is 24.8 Å². The molecule has 0 amide bonds. The van der Waals surface area contributed by atoms with Crippen molar-refractivity contribution in [1.29, 1.82) is 0 Å². The average Bonchev–Trinajstić information content (AvgIpc) is 1.98. The van der Waals surface area contributed by atoms with Gasteiger partial charge in [-0.1, -0.05) is 11.7 Å². The summed E-state index contributed by atoms with van der Waals surface area (Å²) in [6.45, 7) is 5.89. The molecule has 0 aromatic heterocycles. The summed E-state index contributed by atoms with van der Waals surface area (Å²) < 4.78 is 0. The van der Waals surface area contributed by atoms with Crippen molar-refractivity contribution in [3.8, 4) is 0 Å². The molecule has 0 saturated heterocycles. The summed E-state index contributed by atoms with van der Waals surface area (Å²) in [5.74, 6) is 0. The van der Waals surface area contributed by atoms with E-state index in [2.05, 4.69) is 23.5 Å². The van der Waals surface area contributed by atoms with Gasteiger partial charge in [-0.25, -0.2) is 0 Å². The van der Waals surface area contributed by atoms with Crippen LogP contribution >= 0.6 is 11.8 Å². The minimum absolute atomic E-state index is 0.416. The van der Waals surface area contributed by atoms with Crippen molar-refractivity contribution in [1.82, 2.24) is 0 Å². The van der Waals surface area contributed by atoms with Gasteiger partial charge in [0.1, 0.15) is 7.11 Å². The molecule has 0 N–H and O–H groups in total. The lowest BCUT2D eigenvalue weighted by Gasteiger charge is -2.04. The Morgan fingerprint density at radius 2 is 2.40 bits per heavy atom. The van der Waals surface area contributed by atoms with Crippen LogP contribution in [0.25, 0.3) is 0 Å². The Hall–Kier alpha value is -0.440. The van der Waals surface area contributed by atoms with E-state index in [-0.39, 0.29) is 0 Å². The van der Waals surface area contributed by atoms with E-state index >= 15 is 0 Å². The Balaban J connectivity index is 3.72. The monoisotopic (exact) mass is 159 g/mol. The zero-order valence-electron chi connectivity index (χ0n) is 6.63. The summed E-state index contributed by atoms with van der Waals surface area (Å²) in [5.41, 5.74) is 0.981. The van der Waals surface area contributed by atoms with Crippen molar-refractivity contribution < 1.29 is 4.84 Å². The van der Waals surface area contributed by atoms with Crippen molar-refractivity contribution in [3.63, 3.8) is 0 Å². The molecular formula is C7H13NOS. The van der Waals surface area contributed by atoms with Gasteiger partial charge >= 0.3 is 0 Å². The van der Waals surface area contributed by atoms with Crippen LogP contribution in [0.5, 0.6) is 0 Å². The molecule has 0 aliphatic carbocycles. The summed E-state index contributed by atoms with van der Waals surface area (Å²) in [4.78, 5) is 4.51. The van der Waals surface area contributed by atoms with Gasteiger partial charge in [0.25, 0.3) is 0 Å². The van der Waals surface area contributed by atoms with Crippen molar-refractivity contribution in [2.45, 2.75) is 12.2 Å². The van der Waals surface area contributed by atoms with E-state index in [0.29, 0.717) is 5.25 Å². The number of rotatable bonds is 4. The highest BCUT2D eigenvalue weighted by atomic mass is 32.2. The van der Waals surface area contributed by atoms with E-state index in [1.807, 2.05) is 6.26 Å². The van der Waals surface area contributed by atoms with Gasteiger partial charge < -0.3 is 4.84 Å². The zero-order chi connectivity index (χ0) is 7.98. The topological polar surface area (TPSA) is 21.6 Å². The fourth-order valence-electron chi connectivity index (χ4n) is 0.377. The largest absolute Gasteiger partial charge is 0.399 e. The first-order valence-electron chi connectivity index (χ1n) is 3.00. The molecule has 1 unspecified atom stereocenters. The van der Waals surface area contributed by atoms with E-state index in [0.717, 1.165) is 5.57 Å². The van der Waals surface area contributed by atoms with Crippen LogP contribution in [0.4, 0.5) is 0 Å². The van der Waals surface area contributed by atoms with Gasteiger partial charge in [0.15, 0.2) is 0 Å². The Bertz CT molecular complexity index is 134. The van der Waals surface area contributed by atoms with E-state index in [4.69, 9.17) is 0 Å². The maximum atomic E-state index is 4.51. The molecule has 10 heavy (non-hydrogen) atoms. The summed E-state index contributed by atoms with van der Waals surface area (Å²) in [6, 6.07) is 0. The van der Waals surface area contributed by atoms with Crippen LogP contribution in [0, 0.1) is 0 Å². The van der Waals surface area contributed by atoms with Crippen molar-refractivity contribution in [3.05, 3.63) is 12.2 Å². The zero-order valence-corrected chi connectivity index (χ0v) is 7.44. The lowest BCUT2D eigenvalue weighted by molar-refractivity contribution is 0.215. The molecule has 3 heteroatoms. The molecule has 0 aliphatic heterocycles. The third kappa shape index (κ3) is 3.56. The Labute approximate surface area is 66.3 Å². The number of oxime groups is 1. The summed E-state index contributed by atoms with van der Waals surface area (Å²) in [7, 11) is 1.52. The van der Waals surface area contributed by atoms with Gasteiger partial charge in [0.05, 0.1) is 6.21 Å². The minimum Gasteiger partial charge on any atom is -0.399 e. The molecule has 0 aliphatic rings. The third-order valence-electron chi connectivity index (χ3n) is 1.20. The highest BCUT2D eigenvalue weighted by Gasteiger charge is 2.00. The molecule has 0 saturated carbocycles. The summed E-state index contributed by atoms with van der Waals surface area (Å²) >= 11 is 1.74. The second-order valence-corrected chi connectivity index (χ2v) is 3.05. The van der Waals surface area contributed by atoms with Gasteiger partial charge in [0.2, 0.25) is 0 Å². The Morgan fingerprint density at radius 3 is 2.80 bits per heavy atom. The second-order valence-electron chi connectivity index (χ2n) is 1.87. The van der Waals surface area contributed by atoms with Gasteiger partial charge in [-0.3, -0.25) is 0 Å². The highest BCUT2D eigenvalue weighted by Crippen LogP contribution is 2.11. The summed E-state index contributed by atoms with van der Waals surface area (Å²) in [6.07, 6.45) is 3.68. The molecule has 1 atom stereocenters. The molecular weight excluding hydrogens is 146 g/mol. The van der Waals surface area contributed by atoms with Crippen LogP contribution < -0.4 is 0 Å². The number of hydrogen-bond donors (Lipinski definition) is 0. The molecule has 0 aromatic rings. The molecule has 58 valence electrons. The molecule has 0 rings (SSSR count). The molecule has 2 nitrogen and oxygen atoms in total. The predicted molar refractivity (Wildman–Crippen MR) is 47.6 cm³/mol. The van der Waals surface area contributed by atoms with Crippen LogP contribution in [0.1, 0.15) is 6.92 Å². The second kappa shape index (κ2) is 5.35. The van der Waals surface area contributed by atoms with Crippen molar-refractivity contribution in [2.24, 2.45) is 5.16 Å². The van der Waals surface area contributed by atoms with Crippen molar-refractivity contribution >= 4 is 18.0 Å². The Kier molecular flexibility index (Phi) is 5.12. The normalized spacial score (nSPS) is 13.5. The quantitative estimate of drug-likeness (QED) is 0.462. The minimum atomic E-state index is 0.416. The van der Waals surface area contributed by atoms with Gasteiger partial charge in [-0.15, -0.1) is 0 Å². The predicted octanol–water partition coefficient (Wildman–Crippen LogP) is 1.93. The third-order valence-corrected chi connectivity index (χ3v) is 2.21. The van der Waals surface area contributed by atoms with Crippen LogP contribution in [0.2, 0.25) is 0 Å². The smallest absolute Gasteiger partial charge is 0.106 e. The highest BCUT2D eigenvalue weighted by molar-refractivity contribution is 7.99. The lowest BCUT2D eigenvalue weighted by Crippen LogP contribution is -1.99. The van der Waals surface area contributed by atoms with E-state index in [9.17, 15) is 0 Å². The molecule has 0 heterocycles. The maximum absolute atomic E-state index is 4.51. The number of nitrogens with zero attached hydrogens (tertiary/aromatic N) is 1. The van der Waals surface area contributed by atoms with Gasteiger partial charge in [-0.05, 0) is 18.8 Å². The standard InChI is InChI=1S/C7H13NOS/c1-6(5-8-9-3)7(2)10-4/h5,7H,1H2,2-4H3/b8-5-. The van der Waals surface area contributed by atoms with E-state index in [1.165, 1.54) is 7.11 Å². The first kappa shape index (κ1) is 9.56. The molecule has 0 radical (unpaired) electrons. The van der Waals surface area contributed by atoms with Crippen LogP contribution in [0.3, 0.4) is 0 Å². The first-order chi connectivity index (χ1) is 4.72. The average molecular weight is 159 g/mol. The molecule has 0 spiro atoms. The molecule has 0 aromatic carbocycles. The Morgan fingerprint density at radius 1 is 1.80 bits per heavy atom. The summed E-state index contributed by atoms with van der Waals surface area (Å²) in [5, 5.41) is 4.02. The molecule has 0 fully saturated rings. The first-order valence-corrected chi connectivity index (χ1v) is 4.29. The van der Waals surface area contributed by atoms with Crippen LogP contribution in [0.15, 0.2) is 17.3 Å². The van der Waals surface area contributed by atoms with Crippen molar-refractivity contribution in [2.75, 3.05) is 13.4 Å². The van der Waals surface area contributed by atoms with E-state index in [1.54, 1.807) is 18.0 Å². The lowest BCUT2D eigenvalue weighted by atomic mass is 10.2. The fourth-order valence-corrected chi connectivity index (χ4v) is 0.740. The number of hydrogen-bond acceptors (Lipinski definition) is 3. The SMILES string of the molecule is C=C(/C=N\OC)C(C)SC. The van der Waals surface area contributed by atoms with Crippen LogP contribution in [-0.2, 0) is 4.84 Å². The fraction of sp³-hybridized carbons (Fsp3) is 0.571. The van der Waals surface area contributed by atoms with Gasteiger partial charge in [0, 0.05) is 5.25 Å². The van der Waals surface area contributed by atoms with E-state index < -0.39 is 0 Å². The maximum Gasteiger partial charge on any atom is 0.106 e. The number of thioether (sulfide) groups is 1.